The van der Waals surface area contributed by atoms with E-state index in [9.17, 15) is 4.79 Å². The molecule has 0 amide bonds. The molecule has 0 radical (unpaired) electrons. The maximum Gasteiger partial charge on any atom is 0.338 e. The van der Waals surface area contributed by atoms with Gasteiger partial charge < -0.3 is 9.64 Å². The summed E-state index contributed by atoms with van der Waals surface area (Å²) in [5.41, 5.74) is 0.576. The lowest BCUT2D eigenvalue weighted by atomic mass is 9.96. The van der Waals surface area contributed by atoms with Crippen molar-refractivity contribution in [1.29, 1.82) is 0 Å². The zero-order valence-corrected chi connectivity index (χ0v) is 12.5. The lowest BCUT2D eigenvalue weighted by Crippen LogP contribution is -2.25. The fourth-order valence-corrected chi connectivity index (χ4v) is 2.93. The van der Waals surface area contributed by atoms with Gasteiger partial charge in [-0.15, -0.1) is 0 Å². The summed E-state index contributed by atoms with van der Waals surface area (Å²) in [4.78, 5) is 18.3. The Balaban J connectivity index is 2.05. The molecule has 1 fully saturated rings. The van der Waals surface area contributed by atoms with Crippen LogP contribution < -0.4 is 4.90 Å². The first kappa shape index (κ1) is 14.8. The van der Waals surface area contributed by atoms with Gasteiger partial charge >= 0.3 is 5.97 Å². The van der Waals surface area contributed by atoms with Gasteiger partial charge in [-0.05, 0) is 37.3 Å². The molecule has 1 atom stereocenters. The van der Waals surface area contributed by atoms with E-state index in [1.807, 2.05) is 6.07 Å². The number of hydrogen-bond acceptors (Lipinski definition) is 4. The number of hydrogen-bond donors (Lipinski definition) is 0. The summed E-state index contributed by atoms with van der Waals surface area (Å²) < 4.78 is 4.77. The molecule has 4 nitrogen and oxygen atoms in total. The van der Waals surface area contributed by atoms with Gasteiger partial charge in [0.2, 0.25) is 0 Å². The van der Waals surface area contributed by atoms with Gasteiger partial charge in [0.05, 0.1) is 12.7 Å². The monoisotopic (exact) mass is 276 g/mol. The number of esters is 1. The van der Waals surface area contributed by atoms with Gasteiger partial charge in [0.25, 0.3) is 0 Å². The molecule has 2 rings (SSSR count). The Labute approximate surface area is 121 Å². The van der Waals surface area contributed by atoms with Gasteiger partial charge in [-0.1, -0.05) is 19.8 Å². The summed E-state index contributed by atoms with van der Waals surface area (Å²) in [6.07, 6.45) is 8.01. The van der Waals surface area contributed by atoms with Crippen molar-refractivity contribution < 1.29 is 9.53 Å². The van der Waals surface area contributed by atoms with E-state index in [0.717, 1.165) is 24.8 Å². The lowest BCUT2D eigenvalue weighted by Gasteiger charge is -2.22. The zero-order chi connectivity index (χ0) is 14.4. The number of aromatic nitrogens is 1. The Hall–Kier alpha value is -1.58. The number of carbonyl (C=O) groups is 1. The zero-order valence-electron chi connectivity index (χ0n) is 12.5. The average molecular weight is 276 g/mol. The number of methoxy groups -OCH3 is 1. The number of pyridine rings is 1. The van der Waals surface area contributed by atoms with Gasteiger partial charge in [0, 0.05) is 19.3 Å². The third kappa shape index (κ3) is 3.71. The highest BCUT2D eigenvalue weighted by Crippen LogP contribution is 2.24. The second kappa shape index (κ2) is 7.27. The fraction of sp³-hybridized carbons (Fsp3) is 0.625. The largest absolute Gasteiger partial charge is 0.465 e. The number of ether oxygens (including phenoxy) is 1. The molecule has 1 unspecified atom stereocenters. The standard InChI is InChI=1S/C16H24N2O2/c1-3-5-13-6-4-10-18(11-8-13)15-12-14(7-9-17-15)16(19)20-2/h7,9,12-13H,3-6,8,10-11H2,1-2H3. The summed E-state index contributed by atoms with van der Waals surface area (Å²) in [6.45, 7) is 4.31. The molecule has 4 heteroatoms. The van der Waals surface area contributed by atoms with Gasteiger partial charge in [0.15, 0.2) is 0 Å². The fourth-order valence-electron chi connectivity index (χ4n) is 2.93. The first-order valence-electron chi connectivity index (χ1n) is 7.54. The van der Waals surface area contributed by atoms with Crippen molar-refractivity contribution in [2.24, 2.45) is 5.92 Å². The van der Waals surface area contributed by atoms with E-state index in [-0.39, 0.29) is 5.97 Å². The molecular formula is C16H24N2O2. The minimum absolute atomic E-state index is 0.299. The molecule has 1 saturated heterocycles. The summed E-state index contributed by atoms with van der Waals surface area (Å²) >= 11 is 0. The maximum atomic E-state index is 11.6. The minimum Gasteiger partial charge on any atom is -0.465 e. The molecule has 0 saturated carbocycles. The van der Waals surface area contributed by atoms with Crippen molar-refractivity contribution in [2.45, 2.75) is 39.0 Å². The predicted octanol–water partition coefficient (Wildman–Crippen LogP) is 3.27. The Morgan fingerprint density at radius 1 is 1.45 bits per heavy atom. The molecule has 0 N–H and O–H groups in total. The van der Waals surface area contributed by atoms with Crippen molar-refractivity contribution in [3.8, 4) is 0 Å². The van der Waals surface area contributed by atoms with Crippen LogP contribution in [0.3, 0.4) is 0 Å². The number of nitrogens with zero attached hydrogens (tertiary/aromatic N) is 2. The van der Waals surface area contributed by atoms with E-state index in [0.29, 0.717) is 5.56 Å². The summed E-state index contributed by atoms with van der Waals surface area (Å²) in [7, 11) is 1.41. The van der Waals surface area contributed by atoms with Crippen molar-refractivity contribution >= 4 is 11.8 Å². The van der Waals surface area contributed by atoms with Crippen LogP contribution in [-0.2, 0) is 4.74 Å². The molecular weight excluding hydrogens is 252 g/mol. The predicted molar refractivity (Wildman–Crippen MR) is 80.0 cm³/mol. The van der Waals surface area contributed by atoms with E-state index >= 15 is 0 Å². The van der Waals surface area contributed by atoms with Gasteiger partial charge in [-0.25, -0.2) is 9.78 Å². The molecule has 1 aliphatic heterocycles. The number of rotatable bonds is 4. The highest BCUT2D eigenvalue weighted by Gasteiger charge is 2.18. The molecule has 0 spiro atoms. The number of anilines is 1. The van der Waals surface area contributed by atoms with Gasteiger partial charge in [-0.2, -0.15) is 0 Å². The molecule has 1 aliphatic rings. The highest BCUT2D eigenvalue weighted by molar-refractivity contribution is 5.90. The summed E-state index contributed by atoms with van der Waals surface area (Å²) in [5.74, 6) is 1.44. The summed E-state index contributed by atoms with van der Waals surface area (Å²) in [5, 5.41) is 0. The lowest BCUT2D eigenvalue weighted by molar-refractivity contribution is 0.0600. The molecule has 20 heavy (non-hydrogen) atoms. The van der Waals surface area contributed by atoms with Crippen molar-refractivity contribution in [3.63, 3.8) is 0 Å². The van der Waals surface area contributed by atoms with Crippen LogP contribution in [0.25, 0.3) is 0 Å². The quantitative estimate of drug-likeness (QED) is 0.792. The van der Waals surface area contributed by atoms with E-state index < -0.39 is 0 Å². The maximum absolute atomic E-state index is 11.6. The van der Waals surface area contributed by atoms with Crippen LogP contribution in [0.4, 0.5) is 5.82 Å². The third-order valence-electron chi connectivity index (χ3n) is 4.04. The smallest absolute Gasteiger partial charge is 0.338 e. The van der Waals surface area contributed by atoms with Crippen molar-refractivity contribution in [1.82, 2.24) is 4.98 Å². The SMILES string of the molecule is CCCC1CCCN(c2cc(C(=O)OC)ccn2)CC1. The van der Waals surface area contributed by atoms with Crippen molar-refractivity contribution in [3.05, 3.63) is 23.9 Å². The van der Waals surface area contributed by atoms with E-state index in [4.69, 9.17) is 4.74 Å². The molecule has 1 aromatic heterocycles. The van der Waals surface area contributed by atoms with Gasteiger partial charge in [-0.3, -0.25) is 0 Å². The highest BCUT2D eigenvalue weighted by atomic mass is 16.5. The van der Waals surface area contributed by atoms with Crippen LogP contribution in [0.2, 0.25) is 0 Å². The molecule has 0 bridgehead atoms. The van der Waals surface area contributed by atoms with Crippen LogP contribution >= 0.6 is 0 Å². The number of carbonyl (C=O) groups excluding carboxylic acids is 1. The topological polar surface area (TPSA) is 42.4 Å². The third-order valence-corrected chi connectivity index (χ3v) is 4.04. The van der Waals surface area contributed by atoms with E-state index in [1.54, 1.807) is 12.3 Å². The Morgan fingerprint density at radius 3 is 3.05 bits per heavy atom. The first-order valence-corrected chi connectivity index (χ1v) is 7.54. The second-order valence-electron chi connectivity index (χ2n) is 5.47. The van der Waals surface area contributed by atoms with E-state index in [1.165, 1.54) is 39.2 Å². The van der Waals surface area contributed by atoms with Crippen LogP contribution in [0.5, 0.6) is 0 Å². The molecule has 0 aromatic carbocycles. The molecule has 0 aliphatic carbocycles. The molecule has 110 valence electrons. The molecule has 1 aromatic rings. The second-order valence-corrected chi connectivity index (χ2v) is 5.47. The van der Waals surface area contributed by atoms with Crippen LogP contribution in [0, 0.1) is 5.92 Å². The van der Waals surface area contributed by atoms with Crippen molar-refractivity contribution in [2.75, 3.05) is 25.1 Å². The summed E-state index contributed by atoms with van der Waals surface area (Å²) in [6, 6.07) is 3.54. The first-order chi connectivity index (χ1) is 9.74. The van der Waals surface area contributed by atoms with Crippen LogP contribution in [-0.4, -0.2) is 31.2 Å². The molecule has 2 heterocycles. The van der Waals surface area contributed by atoms with Crippen LogP contribution in [0.15, 0.2) is 18.3 Å². The van der Waals surface area contributed by atoms with Gasteiger partial charge in [0.1, 0.15) is 5.82 Å². The Bertz CT molecular complexity index is 448. The Kier molecular flexibility index (Phi) is 5.39. The van der Waals surface area contributed by atoms with E-state index in [2.05, 4.69) is 16.8 Å². The Morgan fingerprint density at radius 2 is 2.30 bits per heavy atom. The normalized spacial score (nSPS) is 19.5. The van der Waals surface area contributed by atoms with Crippen LogP contribution in [0.1, 0.15) is 49.4 Å². The average Bonchev–Trinajstić information content (AvgIpc) is 2.73. The minimum atomic E-state index is -0.299.